The lowest BCUT2D eigenvalue weighted by Gasteiger charge is -2.27. The number of halogens is 6. The van der Waals surface area contributed by atoms with Gasteiger partial charge in [-0.1, -0.05) is 43.3 Å². The highest BCUT2D eigenvalue weighted by Crippen LogP contribution is 2.42. The van der Waals surface area contributed by atoms with E-state index in [4.69, 9.17) is 0 Å². The number of alkyl halides is 6. The summed E-state index contributed by atoms with van der Waals surface area (Å²) in [5, 5.41) is 9.18. The van der Waals surface area contributed by atoms with Crippen molar-refractivity contribution < 1.29 is 49.4 Å². The maximum atomic E-state index is 14.5. The number of nitrogens with zero attached hydrogens (tertiary/aromatic N) is 2. The summed E-state index contributed by atoms with van der Waals surface area (Å²) in [6, 6.07) is 12.3. The Bertz CT molecular complexity index is 1700. The van der Waals surface area contributed by atoms with E-state index in [0.29, 0.717) is 4.31 Å². The SMILES string of the molecule is CCc1cc(S(=O)(=O)N(Cc2ccc(OC(F)(F)F)cc2)c2ncc3ccccc3c2C(F)(F)F)ccc1C(=O)O. The summed E-state index contributed by atoms with van der Waals surface area (Å²) in [4.78, 5) is 14.9. The number of aromatic nitrogens is 1. The number of carboxylic acids is 1. The summed E-state index contributed by atoms with van der Waals surface area (Å²) in [7, 11) is -4.85. The summed E-state index contributed by atoms with van der Waals surface area (Å²) in [5.41, 5.74) is -1.38. The van der Waals surface area contributed by atoms with E-state index in [1.807, 2.05) is 0 Å². The molecule has 4 rings (SSSR count). The van der Waals surface area contributed by atoms with Gasteiger partial charge in [-0.25, -0.2) is 22.5 Å². The van der Waals surface area contributed by atoms with Gasteiger partial charge in [0.2, 0.25) is 0 Å². The highest BCUT2D eigenvalue weighted by molar-refractivity contribution is 7.92. The summed E-state index contributed by atoms with van der Waals surface area (Å²) in [6.07, 6.45) is -8.88. The van der Waals surface area contributed by atoms with E-state index in [1.54, 1.807) is 6.92 Å². The molecule has 0 aliphatic rings. The Morgan fingerprint density at radius 3 is 2.22 bits per heavy atom. The van der Waals surface area contributed by atoms with Crippen molar-refractivity contribution in [2.75, 3.05) is 4.31 Å². The van der Waals surface area contributed by atoms with Crippen LogP contribution in [0.15, 0.2) is 77.8 Å². The molecule has 0 aliphatic carbocycles. The van der Waals surface area contributed by atoms with Crippen molar-refractivity contribution in [3.05, 3.63) is 95.2 Å². The number of hydrogen-bond donors (Lipinski definition) is 1. The Morgan fingerprint density at radius 1 is 0.976 bits per heavy atom. The number of aromatic carboxylic acids is 1. The third-order valence-electron chi connectivity index (χ3n) is 6.06. The van der Waals surface area contributed by atoms with Crippen LogP contribution < -0.4 is 9.04 Å². The molecule has 0 bridgehead atoms. The molecule has 0 radical (unpaired) electrons. The van der Waals surface area contributed by atoms with Gasteiger partial charge in [0.1, 0.15) is 11.3 Å². The first-order valence-corrected chi connectivity index (χ1v) is 13.2. The average Bonchev–Trinajstić information content (AvgIpc) is 2.90. The maximum Gasteiger partial charge on any atom is 0.573 e. The number of carboxylic acid groups (broad SMARTS) is 1. The van der Waals surface area contributed by atoms with Gasteiger partial charge < -0.3 is 9.84 Å². The van der Waals surface area contributed by atoms with Crippen LogP contribution in [-0.2, 0) is 29.2 Å². The van der Waals surface area contributed by atoms with Gasteiger partial charge in [-0.15, -0.1) is 13.2 Å². The Kier molecular flexibility index (Phi) is 7.89. The zero-order valence-electron chi connectivity index (χ0n) is 21.0. The second-order valence-corrected chi connectivity index (χ2v) is 10.6. The molecule has 0 spiro atoms. The van der Waals surface area contributed by atoms with Crippen LogP contribution in [0.25, 0.3) is 10.8 Å². The van der Waals surface area contributed by atoms with Crippen LogP contribution >= 0.6 is 0 Å². The van der Waals surface area contributed by atoms with Crippen molar-refractivity contribution >= 4 is 32.6 Å². The number of hydrogen-bond acceptors (Lipinski definition) is 5. The molecule has 0 fully saturated rings. The number of ether oxygens (including phenoxy) is 1. The minimum Gasteiger partial charge on any atom is -0.478 e. The largest absolute Gasteiger partial charge is 0.573 e. The summed E-state index contributed by atoms with van der Waals surface area (Å²) in [6.45, 7) is 0.818. The Balaban J connectivity index is 1.93. The second kappa shape index (κ2) is 10.9. The molecule has 0 unspecified atom stereocenters. The molecule has 1 aromatic heterocycles. The molecule has 14 heteroatoms. The number of anilines is 1. The lowest BCUT2D eigenvalue weighted by Crippen LogP contribution is -2.33. The molecule has 216 valence electrons. The van der Waals surface area contributed by atoms with Gasteiger partial charge in [-0.3, -0.25) is 0 Å². The first-order chi connectivity index (χ1) is 19.1. The average molecular weight is 599 g/mol. The van der Waals surface area contributed by atoms with Crippen molar-refractivity contribution in [2.24, 2.45) is 0 Å². The van der Waals surface area contributed by atoms with E-state index < -0.39 is 57.1 Å². The predicted molar refractivity (Wildman–Crippen MR) is 136 cm³/mol. The molecule has 1 heterocycles. The first-order valence-electron chi connectivity index (χ1n) is 11.8. The van der Waals surface area contributed by atoms with Crippen LogP contribution in [-0.4, -0.2) is 30.8 Å². The number of pyridine rings is 1. The lowest BCUT2D eigenvalue weighted by atomic mass is 10.1. The van der Waals surface area contributed by atoms with Crippen molar-refractivity contribution in [3.8, 4) is 5.75 Å². The van der Waals surface area contributed by atoms with Crippen LogP contribution in [0.5, 0.6) is 5.75 Å². The molecule has 1 N–H and O–H groups in total. The van der Waals surface area contributed by atoms with Gasteiger partial charge in [0.15, 0.2) is 5.82 Å². The van der Waals surface area contributed by atoms with Crippen LogP contribution in [0.2, 0.25) is 0 Å². The van der Waals surface area contributed by atoms with Gasteiger partial charge in [-0.05, 0) is 53.3 Å². The van der Waals surface area contributed by atoms with Crippen LogP contribution in [0.4, 0.5) is 32.2 Å². The normalized spacial score (nSPS) is 12.4. The molecule has 0 saturated carbocycles. The number of rotatable bonds is 8. The minimum absolute atomic E-state index is 0.0176. The number of sulfonamides is 1. The highest BCUT2D eigenvalue weighted by Gasteiger charge is 2.41. The van der Waals surface area contributed by atoms with Crippen LogP contribution in [0.1, 0.15) is 34.0 Å². The van der Waals surface area contributed by atoms with Gasteiger partial charge >= 0.3 is 18.5 Å². The summed E-state index contributed by atoms with van der Waals surface area (Å²) < 4.78 is 113. The molecule has 3 aromatic carbocycles. The van der Waals surface area contributed by atoms with Crippen molar-refractivity contribution in [3.63, 3.8) is 0 Å². The fourth-order valence-electron chi connectivity index (χ4n) is 4.22. The lowest BCUT2D eigenvalue weighted by molar-refractivity contribution is -0.274. The predicted octanol–water partition coefficient (Wildman–Crippen LogP) is 6.81. The molecule has 0 amide bonds. The van der Waals surface area contributed by atoms with E-state index in [1.165, 1.54) is 18.2 Å². The fourth-order valence-corrected chi connectivity index (χ4v) is 5.69. The van der Waals surface area contributed by atoms with E-state index in [-0.39, 0.29) is 33.9 Å². The molecule has 4 aromatic rings. The van der Waals surface area contributed by atoms with Gasteiger partial charge in [0.25, 0.3) is 10.0 Å². The standard InChI is InChI=1S/C27H20F6N2O5S/c1-2-17-13-20(11-12-22(17)25(36)37)41(38,39)35(15-16-7-9-19(10-8-16)40-27(31,32)33)24-23(26(28,29)30)21-6-4-3-5-18(21)14-34-24/h3-14H,2,15H2,1H3,(H,36,37). The molecule has 0 saturated heterocycles. The third kappa shape index (κ3) is 6.37. The smallest absolute Gasteiger partial charge is 0.478 e. The maximum absolute atomic E-state index is 14.5. The highest BCUT2D eigenvalue weighted by atomic mass is 32.2. The quantitative estimate of drug-likeness (QED) is 0.224. The fraction of sp³-hybridized carbons (Fsp3) is 0.185. The zero-order chi connectivity index (χ0) is 30.2. The van der Waals surface area contributed by atoms with Crippen LogP contribution in [0.3, 0.4) is 0 Å². The number of fused-ring (bicyclic) bond motifs is 1. The third-order valence-corrected chi connectivity index (χ3v) is 7.79. The zero-order valence-corrected chi connectivity index (χ0v) is 21.8. The van der Waals surface area contributed by atoms with Gasteiger partial charge in [-0.2, -0.15) is 13.2 Å². The summed E-state index contributed by atoms with van der Waals surface area (Å²) >= 11 is 0. The van der Waals surface area contributed by atoms with Crippen molar-refractivity contribution in [1.29, 1.82) is 0 Å². The second-order valence-electron chi connectivity index (χ2n) is 8.72. The number of carbonyl (C=O) groups is 1. The molecule has 0 aliphatic heterocycles. The van der Waals surface area contributed by atoms with Gasteiger partial charge in [0, 0.05) is 11.6 Å². The molecule has 0 atom stereocenters. The Labute approximate surface area is 229 Å². The van der Waals surface area contributed by atoms with E-state index in [2.05, 4.69) is 9.72 Å². The van der Waals surface area contributed by atoms with Crippen LogP contribution in [0, 0.1) is 0 Å². The van der Waals surface area contributed by atoms with E-state index in [9.17, 15) is 44.7 Å². The molecule has 7 nitrogen and oxygen atoms in total. The molecular weight excluding hydrogens is 578 g/mol. The van der Waals surface area contributed by atoms with Gasteiger partial charge in [0.05, 0.1) is 17.0 Å². The Hall–Kier alpha value is -4.33. The minimum atomic E-state index is -5.07. The molecule has 41 heavy (non-hydrogen) atoms. The number of benzene rings is 3. The Morgan fingerprint density at radius 2 is 1.63 bits per heavy atom. The van der Waals surface area contributed by atoms with E-state index in [0.717, 1.165) is 54.7 Å². The monoisotopic (exact) mass is 598 g/mol. The summed E-state index contributed by atoms with van der Waals surface area (Å²) in [5.74, 6) is -2.90. The van der Waals surface area contributed by atoms with Crippen molar-refractivity contribution in [2.45, 2.75) is 37.3 Å². The van der Waals surface area contributed by atoms with Crippen molar-refractivity contribution in [1.82, 2.24) is 4.98 Å². The van der Waals surface area contributed by atoms with E-state index >= 15 is 0 Å². The topological polar surface area (TPSA) is 96.8 Å². The molecular formula is C27H20F6N2O5S. The number of aryl methyl sites for hydroxylation is 1. The first kappa shape index (κ1) is 29.6.